The smallest absolute Gasteiger partial charge is 0.326 e. The van der Waals surface area contributed by atoms with E-state index in [-0.39, 0.29) is 49.1 Å². The summed E-state index contributed by atoms with van der Waals surface area (Å²) in [6.45, 7) is 8.28. The minimum atomic E-state index is -1.06. The van der Waals surface area contributed by atoms with E-state index in [0.29, 0.717) is 58.0 Å². The zero-order chi connectivity index (χ0) is 35.0. The van der Waals surface area contributed by atoms with Gasteiger partial charge in [0.25, 0.3) is 0 Å². The monoisotopic (exact) mass is 663 g/mol. The third kappa shape index (κ3) is 9.32. The van der Waals surface area contributed by atoms with Crippen molar-refractivity contribution in [2.45, 2.75) is 115 Å². The summed E-state index contributed by atoms with van der Waals surface area (Å²) < 4.78 is 0. The van der Waals surface area contributed by atoms with E-state index in [4.69, 9.17) is 17.2 Å². The fourth-order valence-electron chi connectivity index (χ4n) is 6.55. The Morgan fingerprint density at radius 1 is 0.766 bits per heavy atom. The third-order valence-corrected chi connectivity index (χ3v) is 9.29. The molecule has 6 unspecified atom stereocenters. The van der Waals surface area contributed by atoms with Crippen molar-refractivity contribution in [1.29, 1.82) is 0 Å². The van der Waals surface area contributed by atoms with Gasteiger partial charge in [-0.25, -0.2) is 4.79 Å². The SMILES string of the molecule is CC(C)C(N)C(=O)NC(C(=O)NC(CCCN=C(N)N)C(=O)N1CCCC1C(=O)N1CCCC1C(=O)N1CCCC1C(=O)O)C(C)C. The van der Waals surface area contributed by atoms with Crippen LogP contribution in [0.25, 0.3) is 0 Å². The summed E-state index contributed by atoms with van der Waals surface area (Å²) in [7, 11) is 0. The van der Waals surface area contributed by atoms with E-state index in [1.165, 1.54) is 14.7 Å². The maximum Gasteiger partial charge on any atom is 0.326 e. The lowest BCUT2D eigenvalue weighted by atomic mass is 9.99. The second-order valence-electron chi connectivity index (χ2n) is 13.4. The molecule has 0 radical (unpaired) electrons. The van der Waals surface area contributed by atoms with Gasteiger partial charge in [-0.15, -0.1) is 0 Å². The van der Waals surface area contributed by atoms with Crippen LogP contribution in [0.3, 0.4) is 0 Å². The van der Waals surface area contributed by atoms with E-state index in [9.17, 15) is 33.9 Å². The lowest BCUT2D eigenvalue weighted by Crippen LogP contribution is -2.60. The number of carbonyl (C=O) groups is 6. The van der Waals surface area contributed by atoms with Crippen molar-refractivity contribution in [2.75, 3.05) is 26.2 Å². The Labute approximate surface area is 276 Å². The first-order valence-corrected chi connectivity index (χ1v) is 16.7. The number of aliphatic carboxylic acids is 1. The Bertz CT molecular complexity index is 1210. The molecule has 3 aliphatic rings. The zero-order valence-corrected chi connectivity index (χ0v) is 28.0. The molecule has 0 bridgehead atoms. The van der Waals surface area contributed by atoms with Gasteiger partial charge in [-0.1, -0.05) is 27.7 Å². The number of hydrogen-bond donors (Lipinski definition) is 6. The Morgan fingerprint density at radius 3 is 1.79 bits per heavy atom. The van der Waals surface area contributed by atoms with Gasteiger partial charge in [0.05, 0.1) is 6.04 Å². The van der Waals surface area contributed by atoms with Crippen molar-refractivity contribution in [3.8, 4) is 0 Å². The lowest BCUT2D eigenvalue weighted by Gasteiger charge is -2.35. The highest BCUT2D eigenvalue weighted by Gasteiger charge is 2.46. The molecule has 264 valence electrons. The molecule has 0 aromatic heterocycles. The van der Waals surface area contributed by atoms with Crippen molar-refractivity contribution in [3.05, 3.63) is 0 Å². The molecule has 0 aromatic carbocycles. The van der Waals surface area contributed by atoms with Gasteiger partial charge >= 0.3 is 5.97 Å². The summed E-state index contributed by atoms with van der Waals surface area (Å²) in [5.74, 6) is -3.88. The number of aliphatic imine (C=N–C) groups is 1. The van der Waals surface area contributed by atoms with Gasteiger partial charge in [-0.2, -0.15) is 0 Å². The van der Waals surface area contributed by atoms with Crippen LogP contribution in [0.15, 0.2) is 4.99 Å². The Kier molecular flexibility index (Phi) is 13.4. The number of nitrogens with one attached hydrogen (secondary N) is 2. The first-order chi connectivity index (χ1) is 22.1. The third-order valence-electron chi connectivity index (χ3n) is 9.29. The average Bonchev–Trinajstić information content (AvgIpc) is 3.80. The first-order valence-electron chi connectivity index (χ1n) is 16.7. The summed E-state index contributed by atoms with van der Waals surface area (Å²) in [6, 6.07) is -5.37. The van der Waals surface area contributed by atoms with Crippen molar-refractivity contribution in [3.63, 3.8) is 0 Å². The Hall–Kier alpha value is -3.95. The number of carbonyl (C=O) groups excluding carboxylic acids is 5. The van der Waals surface area contributed by atoms with Crippen LogP contribution in [-0.4, -0.2) is 124 Å². The molecule has 0 aromatic rings. The van der Waals surface area contributed by atoms with Gasteiger partial charge in [-0.05, 0) is 63.2 Å². The number of hydrogen-bond acceptors (Lipinski definition) is 8. The number of rotatable bonds is 14. The van der Waals surface area contributed by atoms with Gasteiger partial charge in [0.1, 0.15) is 30.2 Å². The fraction of sp³-hybridized carbons (Fsp3) is 0.774. The molecule has 3 rings (SSSR count). The van der Waals surface area contributed by atoms with Crippen LogP contribution in [0, 0.1) is 11.8 Å². The minimum Gasteiger partial charge on any atom is -0.480 e. The molecular weight excluding hydrogens is 610 g/mol. The van der Waals surface area contributed by atoms with Crippen molar-refractivity contribution >= 4 is 41.5 Å². The lowest BCUT2D eigenvalue weighted by molar-refractivity contribution is -0.153. The van der Waals surface area contributed by atoms with Crippen molar-refractivity contribution < 1.29 is 33.9 Å². The number of carboxylic acid groups (broad SMARTS) is 1. The normalized spacial score (nSPS) is 23.0. The maximum absolute atomic E-state index is 14.1. The molecular formula is C31H53N9O7. The minimum absolute atomic E-state index is 0.107. The standard InChI is InChI=1S/C31H53N9O7/c1-17(2)23(32)25(41)37-24(18(3)4)26(42)36-19(9-5-13-35-31(33)34)27(43)38-14-6-10-20(38)28(44)39-15-7-11-21(39)29(45)40-16-8-12-22(40)30(46)47/h17-24H,5-16,32H2,1-4H3,(H,36,42)(H,37,41)(H,46,47)(H4,33,34,35). The predicted octanol–water partition coefficient (Wildman–Crippen LogP) is -1.29. The highest BCUT2D eigenvalue weighted by molar-refractivity contribution is 5.97. The van der Waals surface area contributed by atoms with Crippen LogP contribution in [0.1, 0.15) is 79.1 Å². The molecule has 3 aliphatic heterocycles. The first kappa shape index (κ1) is 37.5. The average molecular weight is 664 g/mol. The molecule has 3 fully saturated rings. The van der Waals surface area contributed by atoms with E-state index < -0.39 is 59.9 Å². The van der Waals surface area contributed by atoms with Crippen molar-refractivity contribution in [2.24, 2.45) is 34.0 Å². The topological polar surface area (TPSA) is 247 Å². The molecule has 47 heavy (non-hydrogen) atoms. The van der Waals surface area contributed by atoms with E-state index in [0.717, 1.165) is 0 Å². The van der Waals surface area contributed by atoms with E-state index in [1.807, 2.05) is 0 Å². The summed E-state index contributed by atoms with van der Waals surface area (Å²) in [4.78, 5) is 87.9. The van der Waals surface area contributed by atoms with Crippen LogP contribution in [0.2, 0.25) is 0 Å². The quantitative estimate of drug-likeness (QED) is 0.0729. The number of likely N-dealkylation sites (tertiary alicyclic amines) is 3. The van der Waals surface area contributed by atoms with Gasteiger partial charge in [0, 0.05) is 26.2 Å². The van der Waals surface area contributed by atoms with Gasteiger partial charge in [-0.3, -0.25) is 29.0 Å². The van der Waals surface area contributed by atoms with E-state index in [1.54, 1.807) is 27.7 Å². The summed E-state index contributed by atoms with van der Waals surface area (Å²) in [5.41, 5.74) is 16.9. The number of nitrogens with two attached hydrogens (primary N) is 3. The van der Waals surface area contributed by atoms with Gasteiger partial charge in [0.2, 0.25) is 29.5 Å². The van der Waals surface area contributed by atoms with Crippen LogP contribution in [0.4, 0.5) is 0 Å². The van der Waals surface area contributed by atoms with Crippen LogP contribution in [0.5, 0.6) is 0 Å². The van der Waals surface area contributed by atoms with E-state index in [2.05, 4.69) is 15.6 Å². The molecule has 0 spiro atoms. The molecule has 6 atom stereocenters. The number of guanidine groups is 1. The Balaban J connectivity index is 1.79. The van der Waals surface area contributed by atoms with Crippen LogP contribution in [-0.2, 0) is 28.8 Å². The molecule has 9 N–H and O–H groups in total. The predicted molar refractivity (Wildman–Crippen MR) is 173 cm³/mol. The number of amides is 5. The molecule has 0 saturated carbocycles. The summed E-state index contributed by atoms with van der Waals surface area (Å²) in [6.07, 6.45) is 3.40. The number of nitrogens with zero attached hydrogens (tertiary/aromatic N) is 4. The maximum atomic E-state index is 14.1. The fourth-order valence-corrected chi connectivity index (χ4v) is 6.55. The molecule has 3 saturated heterocycles. The summed E-state index contributed by atoms with van der Waals surface area (Å²) >= 11 is 0. The van der Waals surface area contributed by atoms with Gasteiger partial charge < -0.3 is 47.6 Å². The molecule has 5 amide bonds. The Morgan fingerprint density at radius 2 is 1.28 bits per heavy atom. The highest BCUT2D eigenvalue weighted by Crippen LogP contribution is 2.29. The molecule has 0 aliphatic carbocycles. The van der Waals surface area contributed by atoms with Crippen LogP contribution >= 0.6 is 0 Å². The zero-order valence-electron chi connectivity index (χ0n) is 28.0. The molecule has 3 heterocycles. The highest BCUT2D eigenvalue weighted by atomic mass is 16.4. The second-order valence-corrected chi connectivity index (χ2v) is 13.4. The summed E-state index contributed by atoms with van der Waals surface area (Å²) in [5, 5.41) is 15.1. The van der Waals surface area contributed by atoms with Crippen molar-refractivity contribution in [1.82, 2.24) is 25.3 Å². The van der Waals surface area contributed by atoms with E-state index >= 15 is 0 Å². The number of carboxylic acids is 1. The molecule has 16 heteroatoms. The second kappa shape index (κ2) is 16.7. The largest absolute Gasteiger partial charge is 0.480 e. The van der Waals surface area contributed by atoms with Crippen LogP contribution < -0.4 is 27.8 Å². The molecule has 16 nitrogen and oxygen atoms in total. The van der Waals surface area contributed by atoms with Gasteiger partial charge in [0.15, 0.2) is 5.96 Å².